The first-order valence-corrected chi connectivity index (χ1v) is 9.05. The molecule has 1 aliphatic heterocycles. The molecule has 1 atom stereocenters. The molecule has 1 aromatic carbocycles. The number of fused-ring (bicyclic) bond motifs is 2. The molecule has 1 unspecified atom stereocenters. The lowest BCUT2D eigenvalue weighted by Gasteiger charge is -2.29. The quantitative estimate of drug-likeness (QED) is 0.777. The molecule has 22 heavy (non-hydrogen) atoms. The molecule has 0 spiro atoms. The fourth-order valence-corrected chi connectivity index (χ4v) is 4.93. The molecule has 0 radical (unpaired) electrons. The molecular formula is C19H21NOS. The highest BCUT2D eigenvalue weighted by Crippen LogP contribution is 2.34. The number of carbonyl (C=O) groups excluding carboxylic acids is 1. The Morgan fingerprint density at radius 2 is 2.05 bits per heavy atom. The summed E-state index contributed by atoms with van der Waals surface area (Å²) in [6, 6.07) is 8.50. The maximum absolute atomic E-state index is 13.0. The average Bonchev–Trinajstić information content (AvgIpc) is 2.96. The second-order valence-electron chi connectivity index (χ2n) is 6.64. The van der Waals surface area contributed by atoms with Crippen molar-refractivity contribution in [1.29, 1.82) is 0 Å². The maximum atomic E-state index is 13.0. The van der Waals surface area contributed by atoms with E-state index in [1.54, 1.807) is 11.3 Å². The van der Waals surface area contributed by atoms with Gasteiger partial charge in [0.05, 0.1) is 5.56 Å². The summed E-state index contributed by atoms with van der Waals surface area (Å²) in [7, 11) is 0. The summed E-state index contributed by atoms with van der Waals surface area (Å²) in [5, 5.41) is 2.10. The molecule has 0 fully saturated rings. The highest BCUT2D eigenvalue weighted by atomic mass is 32.1. The predicted molar refractivity (Wildman–Crippen MR) is 90.4 cm³/mol. The molecule has 0 saturated heterocycles. The van der Waals surface area contributed by atoms with Crippen molar-refractivity contribution >= 4 is 17.2 Å². The smallest absolute Gasteiger partial charge is 0.255 e. The van der Waals surface area contributed by atoms with E-state index in [9.17, 15) is 4.79 Å². The van der Waals surface area contributed by atoms with Gasteiger partial charge in [-0.25, -0.2) is 0 Å². The Balaban J connectivity index is 1.59. The summed E-state index contributed by atoms with van der Waals surface area (Å²) in [4.78, 5) is 16.4. The summed E-state index contributed by atoms with van der Waals surface area (Å²) < 4.78 is 0. The Morgan fingerprint density at radius 3 is 2.91 bits per heavy atom. The van der Waals surface area contributed by atoms with Crippen molar-refractivity contribution in [1.82, 2.24) is 4.90 Å². The third-order valence-electron chi connectivity index (χ3n) is 5.05. The Bertz CT molecular complexity index is 718. The minimum Gasteiger partial charge on any atom is -0.334 e. The van der Waals surface area contributed by atoms with E-state index in [2.05, 4.69) is 36.6 Å². The molecule has 2 heterocycles. The predicted octanol–water partition coefficient (Wildman–Crippen LogP) is 4.07. The summed E-state index contributed by atoms with van der Waals surface area (Å²) in [5.74, 6) is 0.998. The highest BCUT2D eigenvalue weighted by Gasteiger charge is 2.27. The van der Waals surface area contributed by atoms with Gasteiger partial charge in [-0.05, 0) is 48.3 Å². The lowest BCUT2D eigenvalue weighted by Crippen LogP contribution is -2.36. The van der Waals surface area contributed by atoms with Crippen molar-refractivity contribution in [2.75, 3.05) is 6.54 Å². The van der Waals surface area contributed by atoms with Crippen LogP contribution < -0.4 is 0 Å². The average molecular weight is 311 g/mol. The number of thiophene rings is 1. The molecule has 0 bridgehead atoms. The number of hydrogen-bond acceptors (Lipinski definition) is 2. The molecule has 4 rings (SSSR count). The lowest BCUT2D eigenvalue weighted by atomic mass is 9.88. The molecule has 1 aliphatic carbocycles. The van der Waals surface area contributed by atoms with Gasteiger partial charge < -0.3 is 4.90 Å². The second kappa shape index (κ2) is 5.54. The minimum absolute atomic E-state index is 0.238. The zero-order chi connectivity index (χ0) is 15.1. The molecule has 0 N–H and O–H groups in total. The second-order valence-corrected chi connectivity index (χ2v) is 7.61. The fraction of sp³-hybridized carbons (Fsp3) is 0.421. The normalized spacial score (nSPS) is 20.4. The van der Waals surface area contributed by atoms with Gasteiger partial charge in [0.15, 0.2) is 0 Å². The van der Waals surface area contributed by atoms with Crippen LogP contribution in [0.3, 0.4) is 0 Å². The van der Waals surface area contributed by atoms with Gasteiger partial charge >= 0.3 is 0 Å². The summed E-state index contributed by atoms with van der Waals surface area (Å²) in [5.41, 5.74) is 5.02. The molecule has 2 nitrogen and oxygen atoms in total. The molecule has 0 saturated carbocycles. The van der Waals surface area contributed by atoms with Gasteiger partial charge in [0.2, 0.25) is 0 Å². The van der Waals surface area contributed by atoms with E-state index in [0.717, 1.165) is 43.8 Å². The van der Waals surface area contributed by atoms with Crippen LogP contribution in [0.4, 0.5) is 0 Å². The van der Waals surface area contributed by atoms with Gasteiger partial charge in [0, 0.05) is 23.3 Å². The third kappa shape index (κ3) is 2.38. The van der Waals surface area contributed by atoms with E-state index >= 15 is 0 Å². The Hall–Kier alpha value is -1.61. The summed E-state index contributed by atoms with van der Waals surface area (Å²) in [6.07, 6.45) is 4.42. The van der Waals surface area contributed by atoms with Crippen LogP contribution >= 0.6 is 11.3 Å². The van der Waals surface area contributed by atoms with Gasteiger partial charge in [-0.15, -0.1) is 11.3 Å². The minimum atomic E-state index is 0.238. The summed E-state index contributed by atoms with van der Waals surface area (Å²) in [6.45, 7) is 3.92. The van der Waals surface area contributed by atoms with Crippen molar-refractivity contribution in [3.05, 3.63) is 56.8 Å². The topological polar surface area (TPSA) is 20.3 Å². The Kier molecular flexibility index (Phi) is 3.53. The third-order valence-corrected chi connectivity index (χ3v) is 6.10. The fourth-order valence-electron chi connectivity index (χ4n) is 3.70. The standard InChI is InChI=1S/C19H21NOS/c1-13-6-7-16-17(12-22-18(16)10-13)19(21)20-9-8-14-4-2-3-5-15(14)11-20/h2-5,12-13H,6-11H2,1H3. The lowest BCUT2D eigenvalue weighted by molar-refractivity contribution is 0.0734. The first-order chi connectivity index (χ1) is 10.7. The van der Waals surface area contributed by atoms with E-state index in [1.807, 2.05) is 4.90 Å². The van der Waals surface area contributed by atoms with Crippen molar-refractivity contribution in [3.63, 3.8) is 0 Å². The van der Waals surface area contributed by atoms with Crippen LogP contribution in [0.25, 0.3) is 0 Å². The van der Waals surface area contributed by atoms with Crippen LogP contribution in [0.15, 0.2) is 29.6 Å². The number of rotatable bonds is 1. The van der Waals surface area contributed by atoms with E-state index in [1.165, 1.54) is 28.0 Å². The Labute approximate surface area is 135 Å². The SMILES string of the molecule is CC1CCc2c(C(=O)N3CCc4ccccc4C3)csc2C1. The molecular weight excluding hydrogens is 290 g/mol. The largest absolute Gasteiger partial charge is 0.334 e. The van der Waals surface area contributed by atoms with Gasteiger partial charge in [-0.1, -0.05) is 31.2 Å². The molecule has 3 heteroatoms. The Morgan fingerprint density at radius 1 is 1.23 bits per heavy atom. The molecule has 2 aliphatic rings. The number of carbonyl (C=O) groups is 1. The maximum Gasteiger partial charge on any atom is 0.255 e. The zero-order valence-electron chi connectivity index (χ0n) is 13.0. The monoisotopic (exact) mass is 311 g/mol. The van der Waals surface area contributed by atoms with Crippen LogP contribution in [-0.4, -0.2) is 17.4 Å². The molecule has 114 valence electrons. The van der Waals surface area contributed by atoms with Crippen LogP contribution in [0.2, 0.25) is 0 Å². The highest BCUT2D eigenvalue weighted by molar-refractivity contribution is 7.10. The van der Waals surface area contributed by atoms with Gasteiger partial charge in [0.1, 0.15) is 0 Å². The van der Waals surface area contributed by atoms with Crippen LogP contribution in [0.1, 0.15) is 45.3 Å². The zero-order valence-corrected chi connectivity index (χ0v) is 13.8. The number of hydrogen-bond donors (Lipinski definition) is 0. The van der Waals surface area contributed by atoms with Crippen molar-refractivity contribution in [3.8, 4) is 0 Å². The molecule has 1 amide bonds. The number of nitrogens with zero attached hydrogens (tertiary/aromatic N) is 1. The molecule has 2 aromatic rings. The van der Waals surface area contributed by atoms with Crippen LogP contribution in [0, 0.1) is 5.92 Å². The van der Waals surface area contributed by atoms with Gasteiger partial charge in [-0.3, -0.25) is 4.79 Å². The summed E-state index contributed by atoms with van der Waals surface area (Å²) >= 11 is 1.79. The van der Waals surface area contributed by atoms with E-state index in [4.69, 9.17) is 0 Å². The van der Waals surface area contributed by atoms with Crippen molar-refractivity contribution < 1.29 is 4.79 Å². The van der Waals surface area contributed by atoms with Gasteiger partial charge in [-0.2, -0.15) is 0 Å². The van der Waals surface area contributed by atoms with Crippen LogP contribution in [-0.2, 0) is 25.8 Å². The number of amides is 1. The van der Waals surface area contributed by atoms with E-state index in [-0.39, 0.29) is 5.91 Å². The van der Waals surface area contributed by atoms with Crippen LogP contribution in [0.5, 0.6) is 0 Å². The van der Waals surface area contributed by atoms with Crippen molar-refractivity contribution in [2.45, 2.75) is 39.2 Å². The van der Waals surface area contributed by atoms with Gasteiger partial charge in [0.25, 0.3) is 5.91 Å². The van der Waals surface area contributed by atoms with E-state index < -0.39 is 0 Å². The number of benzene rings is 1. The van der Waals surface area contributed by atoms with Crippen molar-refractivity contribution in [2.24, 2.45) is 5.92 Å². The first-order valence-electron chi connectivity index (χ1n) is 8.17. The first kappa shape index (κ1) is 14.0. The van der Waals surface area contributed by atoms with E-state index in [0.29, 0.717) is 0 Å². The molecule has 1 aromatic heterocycles.